The zero-order valence-electron chi connectivity index (χ0n) is 14.6. The molecule has 0 aliphatic rings. The van der Waals surface area contributed by atoms with E-state index in [1.165, 1.54) is 48.8 Å². The fourth-order valence-corrected chi connectivity index (χ4v) is 3.02. The molecule has 0 aliphatic carbocycles. The van der Waals surface area contributed by atoms with E-state index in [0.717, 1.165) is 5.56 Å². The predicted octanol–water partition coefficient (Wildman–Crippen LogP) is 4.47. The molecule has 0 atom stereocenters. The average molecular weight is 403 g/mol. The number of methoxy groups -OCH3 is 1. The van der Waals surface area contributed by atoms with Gasteiger partial charge in [0.2, 0.25) is 11.0 Å². The average Bonchev–Trinajstić information content (AvgIpc) is 3.16. The van der Waals surface area contributed by atoms with Crippen molar-refractivity contribution >= 4 is 28.5 Å². The second kappa shape index (κ2) is 9.05. The van der Waals surface area contributed by atoms with Gasteiger partial charge in [0.1, 0.15) is 5.01 Å². The van der Waals surface area contributed by atoms with Gasteiger partial charge in [-0.1, -0.05) is 47.7 Å². The van der Waals surface area contributed by atoms with E-state index in [1.54, 1.807) is 0 Å². The highest BCUT2D eigenvalue weighted by Crippen LogP contribution is 2.30. The first-order chi connectivity index (χ1) is 13.5. The Morgan fingerprint density at radius 3 is 2.64 bits per heavy atom. The van der Waals surface area contributed by atoms with Gasteiger partial charge in [0.25, 0.3) is 0 Å². The first kappa shape index (κ1) is 19.4. The summed E-state index contributed by atoms with van der Waals surface area (Å²) in [5.74, 6) is -0.344. The van der Waals surface area contributed by atoms with Crippen molar-refractivity contribution in [3.8, 4) is 22.1 Å². The van der Waals surface area contributed by atoms with Crippen molar-refractivity contribution in [2.24, 2.45) is 0 Å². The molecule has 1 aromatic heterocycles. The molecule has 0 bridgehead atoms. The Balaban J connectivity index is 1.65. The lowest BCUT2D eigenvalue weighted by molar-refractivity contribution is -0.111. The highest BCUT2D eigenvalue weighted by molar-refractivity contribution is 7.18. The van der Waals surface area contributed by atoms with E-state index in [-0.39, 0.29) is 11.5 Å². The number of halogens is 2. The third-order valence-corrected chi connectivity index (χ3v) is 4.39. The molecule has 0 unspecified atom stereocenters. The predicted molar refractivity (Wildman–Crippen MR) is 103 cm³/mol. The van der Waals surface area contributed by atoms with Gasteiger partial charge in [-0.3, -0.25) is 10.1 Å². The number of carbonyl (C=O) groups excluding carboxylic acids is 1. The maximum atomic E-state index is 12.4. The number of carbonyl (C=O) groups is 1. The normalized spacial score (nSPS) is 11.0. The Bertz CT molecular complexity index is 978. The second-order valence-electron chi connectivity index (χ2n) is 5.39. The van der Waals surface area contributed by atoms with Crippen molar-refractivity contribution in [2.45, 2.75) is 6.61 Å². The van der Waals surface area contributed by atoms with Crippen molar-refractivity contribution in [2.75, 3.05) is 12.4 Å². The van der Waals surface area contributed by atoms with E-state index in [2.05, 4.69) is 20.3 Å². The van der Waals surface area contributed by atoms with Gasteiger partial charge in [0.05, 0.1) is 7.11 Å². The van der Waals surface area contributed by atoms with Gasteiger partial charge in [-0.25, -0.2) is 0 Å². The van der Waals surface area contributed by atoms with Crippen molar-refractivity contribution < 1.29 is 23.0 Å². The Morgan fingerprint density at radius 2 is 1.93 bits per heavy atom. The monoisotopic (exact) mass is 403 g/mol. The van der Waals surface area contributed by atoms with Crippen LogP contribution in [0.3, 0.4) is 0 Å². The highest BCUT2D eigenvalue weighted by Gasteiger charge is 2.11. The Labute approximate surface area is 163 Å². The number of hydrogen-bond donors (Lipinski definition) is 1. The number of aromatic nitrogens is 2. The molecule has 9 heteroatoms. The zero-order chi connectivity index (χ0) is 19.9. The van der Waals surface area contributed by atoms with Crippen LogP contribution < -0.4 is 14.8 Å². The van der Waals surface area contributed by atoms with Crippen molar-refractivity contribution in [1.29, 1.82) is 0 Å². The van der Waals surface area contributed by atoms with Crippen LogP contribution in [0.1, 0.15) is 5.56 Å². The molecular formula is C19H15F2N3O3S. The molecule has 6 nitrogen and oxygen atoms in total. The second-order valence-corrected chi connectivity index (χ2v) is 6.37. The van der Waals surface area contributed by atoms with Crippen molar-refractivity contribution in [1.82, 2.24) is 10.2 Å². The molecule has 3 aromatic rings. The molecule has 3 rings (SSSR count). The van der Waals surface area contributed by atoms with E-state index in [9.17, 15) is 13.6 Å². The number of nitrogens with one attached hydrogen (secondary N) is 1. The Hall–Kier alpha value is -3.33. The van der Waals surface area contributed by atoms with Gasteiger partial charge in [0, 0.05) is 11.6 Å². The van der Waals surface area contributed by atoms with Gasteiger partial charge < -0.3 is 9.47 Å². The zero-order valence-corrected chi connectivity index (χ0v) is 15.5. The molecule has 0 saturated carbocycles. The molecule has 0 spiro atoms. The van der Waals surface area contributed by atoms with Crippen LogP contribution in [0.4, 0.5) is 13.9 Å². The summed E-state index contributed by atoms with van der Waals surface area (Å²) >= 11 is 1.25. The first-order valence-corrected chi connectivity index (χ1v) is 8.87. The van der Waals surface area contributed by atoms with Gasteiger partial charge >= 0.3 is 6.61 Å². The maximum absolute atomic E-state index is 12.4. The number of anilines is 1. The van der Waals surface area contributed by atoms with Crippen molar-refractivity contribution in [3.63, 3.8) is 0 Å². The molecule has 0 fully saturated rings. The summed E-state index contributed by atoms with van der Waals surface area (Å²) in [7, 11) is 1.34. The van der Waals surface area contributed by atoms with Gasteiger partial charge in [-0.05, 0) is 23.8 Å². The number of alkyl halides is 2. The molecular weight excluding hydrogens is 388 g/mol. The summed E-state index contributed by atoms with van der Waals surface area (Å²) in [4.78, 5) is 12.1. The van der Waals surface area contributed by atoms with E-state index in [1.807, 2.05) is 30.3 Å². The van der Waals surface area contributed by atoms with E-state index in [0.29, 0.717) is 15.7 Å². The quantitative estimate of drug-likeness (QED) is 0.590. The number of amides is 1. The first-order valence-electron chi connectivity index (χ1n) is 8.06. The van der Waals surface area contributed by atoms with E-state index < -0.39 is 12.5 Å². The molecule has 1 heterocycles. The number of ether oxygens (including phenoxy) is 2. The Morgan fingerprint density at radius 1 is 1.14 bits per heavy atom. The number of benzene rings is 2. The lowest BCUT2D eigenvalue weighted by Gasteiger charge is -2.10. The largest absolute Gasteiger partial charge is 0.493 e. The minimum atomic E-state index is -2.95. The maximum Gasteiger partial charge on any atom is 0.387 e. The minimum absolute atomic E-state index is 0.0820. The summed E-state index contributed by atoms with van der Waals surface area (Å²) in [6.45, 7) is -2.95. The van der Waals surface area contributed by atoms with Gasteiger partial charge in [0.15, 0.2) is 11.5 Å². The number of hydrogen-bond acceptors (Lipinski definition) is 6. The smallest absolute Gasteiger partial charge is 0.387 e. The van der Waals surface area contributed by atoms with Crippen LogP contribution in [-0.4, -0.2) is 29.8 Å². The molecule has 0 saturated heterocycles. The fraction of sp³-hybridized carbons (Fsp3) is 0.105. The topological polar surface area (TPSA) is 73.3 Å². The molecule has 0 aliphatic heterocycles. The molecule has 0 radical (unpaired) electrons. The van der Waals surface area contributed by atoms with Crippen LogP contribution in [-0.2, 0) is 4.79 Å². The van der Waals surface area contributed by atoms with Crippen LogP contribution in [0.15, 0.2) is 54.6 Å². The lowest BCUT2D eigenvalue weighted by atomic mass is 10.2. The highest BCUT2D eigenvalue weighted by atomic mass is 32.1. The number of nitrogens with zero attached hydrogens (tertiary/aromatic N) is 2. The minimum Gasteiger partial charge on any atom is -0.493 e. The Kier molecular flexibility index (Phi) is 6.28. The summed E-state index contributed by atoms with van der Waals surface area (Å²) in [6.07, 6.45) is 2.81. The fourth-order valence-electron chi connectivity index (χ4n) is 2.27. The number of rotatable bonds is 7. The van der Waals surface area contributed by atoms with Crippen LogP contribution in [0, 0.1) is 0 Å². The standard InChI is InChI=1S/C19H15F2N3O3S/c1-26-15-11-12(7-9-14(15)27-18(20)21)8-10-16(25)22-19-24-23-17(28-19)13-5-3-2-4-6-13/h2-11,18H,1H3,(H,22,24,25)/b10-8+. The van der Waals surface area contributed by atoms with Crippen molar-refractivity contribution in [3.05, 3.63) is 60.2 Å². The summed E-state index contributed by atoms with van der Waals surface area (Å²) < 4.78 is 34.1. The SMILES string of the molecule is COc1cc(/C=C/C(=O)Nc2nnc(-c3ccccc3)s2)ccc1OC(F)F. The van der Waals surface area contributed by atoms with Gasteiger partial charge in [-0.2, -0.15) is 8.78 Å². The van der Waals surface area contributed by atoms with Crippen LogP contribution >= 0.6 is 11.3 Å². The molecule has 1 N–H and O–H groups in total. The van der Waals surface area contributed by atoms with E-state index in [4.69, 9.17) is 4.74 Å². The third-order valence-electron chi connectivity index (χ3n) is 3.51. The molecule has 144 valence electrons. The van der Waals surface area contributed by atoms with E-state index >= 15 is 0 Å². The van der Waals surface area contributed by atoms with Crippen LogP contribution in [0.25, 0.3) is 16.6 Å². The summed E-state index contributed by atoms with van der Waals surface area (Å²) in [6, 6.07) is 13.9. The molecule has 1 amide bonds. The lowest BCUT2D eigenvalue weighted by Crippen LogP contribution is -2.07. The molecule has 2 aromatic carbocycles. The summed E-state index contributed by atoms with van der Waals surface area (Å²) in [5.41, 5.74) is 1.49. The van der Waals surface area contributed by atoms with Crippen LogP contribution in [0.2, 0.25) is 0 Å². The third kappa shape index (κ3) is 5.10. The summed E-state index contributed by atoms with van der Waals surface area (Å²) in [5, 5.41) is 11.7. The van der Waals surface area contributed by atoms with Crippen LogP contribution in [0.5, 0.6) is 11.5 Å². The van der Waals surface area contributed by atoms with Gasteiger partial charge in [-0.15, -0.1) is 10.2 Å². The molecule has 28 heavy (non-hydrogen) atoms.